The molecule has 0 unspecified atom stereocenters. The van der Waals surface area contributed by atoms with Gasteiger partial charge in [0.1, 0.15) is 5.56 Å². The smallest absolute Gasteiger partial charge is 0.257 e. The lowest BCUT2D eigenvalue weighted by Gasteiger charge is -2.18. The first-order valence-corrected chi connectivity index (χ1v) is 10.5. The molecule has 2 aromatic carbocycles. The highest BCUT2D eigenvalue weighted by molar-refractivity contribution is 7.13. The minimum Gasteiger partial charge on any atom is -0.354 e. The van der Waals surface area contributed by atoms with Gasteiger partial charge in [0.25, 0.3) is 5.91 Å². The van der Waals surface area contributed by atoms with Gasteiger partial charge in [0.15, 0.2) is 5.76 Å². The van der Waals surface area contributed by atoms with Crippen molar-refractivity contribution in [3.8, 4) is 10.6 Å². The van der Waals surface area contributed by atoms with Crippen LogP contribution in [0.25, 0.3) is 10.6 Å². The van der Waals surface area contributed by atoms with E-state index in [2.05, 4.69) is 59.0 Å². The first-order chi connectivity index (χ1) is 14.2. The van der Waals surface area contributed by atoms with Crippen LogP contribution in [0.2, 0.25) is 0 Å². The Morgan fingerprint density at radius 2 is 1.66 bits per heavy atom. The number of rotatable bonds is 7. The van der Waals surface area contributed by atoms with E-state index in [1.165, 1.54) is 22.5 Å². The molecule has 0 aliphatic heterocycles. The molecule has 0 aliphatic rings. The molecular formula is C24H22N2O2S. The molecule has 1 N–H and O–H groups in total. The van der Waals surface area contributed by atoms with Crippen molar-refractivity contribution in [1.82, 2.24) is 10.5 Å². The molecular weight excluding hydrogens is 380 g/mol. The molecule has 4 aromatic rings. The van der Waals surface area contributed by atoms with E-state index >= 15 is 0 Å². The number of aryl methyl sites for hydroxylation is 1. The molecule has 2 aromatic heterocycles. The van der Waals surface area contributed by atoms with Crippen molar-refractivity contribution in [2.75, 3.05) is 6.54 Å². The van der Waals surface area contributed by atoms with Crippen LogP contribution in [0.15, 0.2) is 82.7 Å². The quantitative estimate of drug-likeness (QED) is 0.434. The average molecular weight is 403 g/mol. The van der Waals surface area contributed by atoms with E-state index in [-0.39, 0.29) is 11.8 Å². The zero-order valence-corrected chi connectivity index (χ0v) is 17.0. The second kappa shape index (κ2) is 8.88. The van der Waals surface area contributed by atoms with Gasteiger partial charge in [-0.3, -0.25) is 4.79 Å². The molecule has 0 aliphatic carbocycles. The fourth-order valence-electron chi connectivity index (χ4n) is 3.53. The molecule has 0 radical (unpaired) electrons. The summed E-state index contributed by atoms with van der Waals surface area (Å²) < 4.78 is 5.43. The van der Waals surface area contributed by atoms with Crippen LogP contribution in [0.1, 0.15) is 39.5 Å². The topological polar surface area (TPSA) is 55.1 Å². The normalized spacial score (nSPS) is 11.0. The van der Waals surface area contributed by atoms with E-state index in [1.807, 2.05) is 29.6 Å². The third kappa shape index (κ3) is 4.30. The van der Waals surface area contributed by atoms with Gasteiger partial charge in [0, 0.05) is 12.5 Å². The molecule has 146 valence electrons. The molecule has 0 spiro atoms. The molecule has 1 amide bonds. The number of carbonyl (C=O) groups excluding carboxylic acids is 1. The summed E-state index contributed by atoms with van der Waals surface area (Å²) in [6.45, 7) is 2.36. The number of hydrogen-bond donors (Lipinski definition) is 1. The summed E-state index contributed by atoms with van der Waals surface area (Å²) in [6, 6.07) is 24.7. The summed E-state index contributed by atoms with van der Waals surface area (Å²) >= 11 is 1.53. The highest BCUT2D eigenvalue weighted by atomic mass is 32.1. The Kier molecular flexibility index (Phi) is 5.86. The van der Waals surface area contributed by atoms with Gasteiger partial charge in [0.2, 0.25) is 0 Å². The predicted molar refractivity (Wildman–Crippen MR) is 116 cm³/mol. The van der Waals surface area contributed by atoms with E-state index in [9.17, 15) is 4.79 Å². The van der Waals surface area contributed by atoms with Crippen LogP contribution in [-0.4, -0.2) is 17.6 Å². The summed E-state index contributed by atoms with van der Waals surface area (Å²) in [5.74, 6) is 0.614. The minimum absolute atomic E-state index is 0.146. The second-order valence-electron chi connectivity index (χ2n) is 6.87. The SMILES string of the molecule is Cc1noc(-c2cccs2)c1C(=O)NCCC(c1ccccc1)c1ccccc1. The molecule has 0 fully saturated rings. The third-order valence-corrected chi connectivity index (χ3v) is 5.83. The summed E-state index contributed by atoms with van der Waals surface area (Å²) in [6.07, 6.45) is 0.804. The van der Waals surface area contributed by atoms with Gasteiger partial charge in [-0.05, 0) is 35.9 Å². The third-order valence-electron chi connectivity index (χ3n) is 4.96. The summed E-state index contributed by atoms with van der Waals surface area (Å²) in [5.41, 5.74) is 3.61. The Bertz CT molecular complexity index is 1020. The van der Waals surface area contributed by atoms with Gasteiger partial charge in [-0.25, -0.2) is 0 Å². The van der Waals surface area contributed by atoms with Crippen LogP contribution in [0.4, 0.5) is 0 Å². The first-order valence-electron chi connectivity index (χ1n) is 9.62. The van der Waals surface area contributed by atoms with E-state index in [0.717, 1.165) is 11.3 Å². The van der Waals surface area contributed by atoms with Gasteiger partial charge < -0.3 is 9.84 Å². The Labute approximate surface area is 174 Å². The number of amides is 1. The Hall–Kier alpha value is -3.18. The van der Waals surface area contributed by atoms with Crippen molar-refractivity contribution in [3.63, 3.8) is 0 Å². The fraction of sp³-hybridized carbons (Fsp3) is 0.167. The molecule has 0 saturated carbocycles. The number of hydrogen-bond acceptors (Lipinski definition) is 4. The lowest BCUT2D eigenvalue weighted by Crippen LogP contribution is -2.26. The van der Waals surface area contributed by atoms with Crippen LogP contribution in [-0.2, 0) is 0 Å². The average Bonchev–Trinajstić information content (AvgIpc) is 3.42. The van der Waals surface area contributed by atoms with Gasteiger partial charge in [0.05, 0.1) is 10.6 Å². The number of aromatic nitrogens is 1. The number of nitrogens with zero attached hydrogens (tertiary/aromatic N) is 1. The maximum absolute atomic E-state index is 12.9. The summed E-state index contributed by atoms with van der Waals surface area (Å²) in [4.78, 5) is 13.8. The Balaban J connectivity index is 1.49. The van der Waals surface area contributed by atoms with Crippen LogP contribution in [0.3, 0.4) is 0 Å². The summed E-state index contributed by atoms with van der Waals surface area (Å²) in [5, 5.41) is 9.02. The highest BCUT2D eigenvalue weighted by Gasteiger charge is 2.22. The lowest BCUT2D eigenvalue weighted by atomic mass is 9.88. The highest BCUT2D eigenvalue weighted by Crippen LogP contribution is 2.30. The Morgan fingerprint density at radius 1 is 1.00 bits per heavy atom. The Morgan fingerprint density at radius 3 is 2.24 bits per heavy atom. The fourth-order valence-corrected chi connectivity index (χ4v) is 4.24. The maximum Gasteiger partial charge on any atom is 0.257 e. The number of thiophene rings is 1. The molecule has 0 atom stereocenters. The van der Waals surface area contributed by atoms with Crippen LogP contribution in [0.5, 0.6) is 0 Å². The van der Waals surface area contributed by atoms with Crippen LogP contribution >= 0.6 is 11.3 Å². The van der Waals surface area contributed by atoms with E-state index in [4.69, 9.17) is 4.52 Å². The monoisotopic (exact) mass is 402 g/mol. The largest absolute Gasteiger partial charge is 0.354 e. The van der Waals surface area contributed by atoms with Gasteiger partial charge in [-0.15, -0.1) is 11.3 Å². The molecule has 0 bridgehead atoms. The standard InChI is InChI=1S/C24H22N2O2S/c1-17-22(23(28-26-17)21-13-8-16-29-21)24(27)25-15-14-20(18-9-4-2-5-10-18)19-11-6-3-7-12-19/h2-13,16,20H,14-15H2,1H3,(H,25,27). The van der Waals surface area contributed by atoms with Crippen molar-refractivity contribution >= 4 is 17.2 Å². The molecule has 5 heteroatoms. The van der Waals surface area contributed by atoms with Gasteiger partial charge in [-0.2, -0.15) is 0 Å². The number of carbonyl (C=O) groups is 1. The number of nitrogens with one attached hydrogen (secondary N) is 1. The lowest BCUT2D eigenvalue weighted by molar-refractivity contribution is 0.0952. The minimum atomic E-state index is -0.146. The predicted octanol–water partition coefficient (Wildman–Crippen LogP) is 5.66. The van der Waals surface area contributed by atoms with Crippen molar-refractivity contribution in [2.45, 2.75) is 19.3 Å². The summed E-state index contributed by atoms with van der Waals surface area (Å²) in [7, 11) is 0. The van der Waals surface area contributed by atoms with E-state index in [0.29, 0.717) is 23.6 Å². The first kappa shape index (κ1) is 19.2. The van der Waals surface area contributed by atoms with Crippen LogP contribution in [0, 0.1) is 6.92 Å². The van der Waals surface area contributed by atoms with Crippen molar-refractivity contribution in [2.24, 2.45) is 0 Å². The van der Waals surface area contributed by atoms with E-state index in [1.54, 1.807) is 6.92 Å². The van der Waals surface area contributed by atoms with Gasteiger partial charge in [-0.1, -0.05) is 71.9 Å². The molecule has 0 saturated heterocycles. The van der Waals surface area contributed by atoms with Gasteiger partial charge >= 0.3 is 0 Å². The second-order valence-corrected chi connectivity index (χ2v) is 7.82. The molecule has 2 heterocycles. The van der Waals surface area contributed by atoms with Crippen molar-refractivity contribution < 1.29 is 9.32 Å². The zero-order valence-electron chi connectivity index (χ0n) is 16.2. The van der Waals surface area contributed by atoms with Crippen LogP contribution < -0.4 is 5.32 Å². The van der Waals surface area contributed by atoms with Crippen molar-refractivity contribution in [3.05, 3.63) is 101 Å². The molecule has 29 heavy (non-hydrogen) atoms. The zero-order chi connectivity index (χ0) is 20.1. The van der Waals surface area contributed by atoms with E-state index < -0.39 is 0 Å². The van der Waals surface area contributed by atoms with Crippen molar-refractivity contribution in [1.29, 1.82) is 0 Å². The maximum atomic E-state index is 12.9. The molecule has 4 nitrogen and oxygen atoms in total. The molecule has 4 rings (SSSR count). The number of benzene rings is 2.